The molecule has 0 saturated carbocycles. The van der Waals surface area contributed by atoms with Crippen molar-refractivity contribution in [2.75, 3.05) is 26.7 Å². The van der Waals surface area contributed by atoms with Crippen LogP contribution in [0.2, 0.25) is 0 Å². The van der Waals surface area contributed by atoms with Crippen molar-refractivity contribution in [2.24, 2.45) is 0 Å². The smallest absolute Gasteiger partial charge is 0.338 e. The SMILES string of the molecule is CN1CCNCC1c1noc(CNC(c2ccccc2)C(F)(F)F)n1. The van der Waals surface area contributed by atoms with Crippen LogP contribution in [-0.4, -0.2) is 47.9 Å². The maximum atomic E-state index is 13.3. The van der Waals surface area contributed by atoms with Crippen molar-refractivity contribution in [1.29, 1.82) is 0 Å². The summed E-state index contributed by atoms with van der Waals surface area (Å²) in [6.45, 7) is 2.24. The van der Waals surface area contributed by atoms with Gasteiger partial charge in [0.2, 0.25) is 5.89 Å². The molecule has 2 unspecified atom stereocenters. The maximum Gasteiger partial charge on any atom is 0.407 e. The Labute approximate surface area is 143 Å². The molecular formula is C16H20F3N5O. The van der Waals surface area contributed by atoms with Crippen LogP contribution < -0.4 is 10.6 Å². The van der Waals surface area contributed by atoms with Crippen LogP contribution in [0.25, 0.3) is 0 Å². The zero-order valence-corrected chi connectivity index (χ0v) is 13.8. The third-order valence-electron chi connectivity index (χ3n) is 4.21. The first-order valence-electron chi connectivity index (χ1n) is 8.03. The van der Waals surface area contributed by atoms with Gasteiger partial charge in [0.25, 0.3) is 0 Å². The summed E-state index contributed by atoms with van der Waals surface area (Å²) >= 11 is 0. The second-order valence-corrected chi connectivity index (χ2v) is 6.01. The highest BCUT2D eigenvalue weighted by atomic mass is 19.4. The van der Waals surface area contributed by atoms with E-state index in [1.165, 1.54) is 12.1 Å². The van der Waals surface area contributed by atoms with Gasteiger partial charge in [0, 0.05) is 19.6 Å². The standard InChI is InChI=1S/C16H20F3N5O/c1-24-8-7-20-9-12(24)15-22-13(25-23-15)10-21-14(16(17,18)19)11-5-3-2-4-6-11/h2-6,12,14,20-21H,7-10H2,1H3. The molecule has 0 radical (unpaired) electrons. The molecule has 6 nitrogen and oxygen atoms in total. The fourth-order valence-corrected chi connectivity index (χ4v) is 2.83. The average Bonchev–Trinajstić information content (AvgIpc) is 3.04. The van der Waals surface area contributed by atoms with Gasteiger partial charge >= 0.3 is 6.18 Å². The largest absolute Gasteiger partial charge is 0.407 e. The fourth-order valence-electron chi connectivity index (χ4n) is 2.83. The lowest BCUT2D eigenvalue weighted by Crippen LogP contribution is -2.44. The Kier molecular flexibility index (Phi) is 5.36. The number of piperazine rings is 1. The van der Waals surface area contributed by atoms with Crippen LogP contribution in [0.15, 0.2) is 34.9 Å². The van der Waals surface area contributed by atoms with Crippen molar-refractivity contribution < 1.29 is 17.7 Å². The number of nitrogens with zero attached hydrogens (tertiary/aromatic N) is 3. The number of halogens is 3. The summed E-state index contributed by atoms with van der Waals surface area (Å²) in [6, 6.07) is 5.87. The number of hydrogen-bond donors (Lipinski definition) is 2. The van der Waals surface area contributed by atoms with E-state index in [0.29, 0.717) is 12.4 Å². The first-order valence-corrected chi connectivity index (χ1v) is 8.03. The summed E-state index contributed by atoms with van der Waals surface area (Å²) in [4.78, 5) is 6.33. The molecule has 9 heteroatoms. The first kappa shape index (κ1) is 17.8. The molecule has 2 heterocycles. The van der Waals surface area contributed by atoms with Crippen molar-refractivity contribution in [3.63, 3.8) is 0 Å². The Balaban J connectivity index is 1.67. The maximum absolute atomic E-state index is 13.3. The van der Waals surface area contributed by atoms with Gasteiger partial charge in [-0.25, -0.2) is 0 Å². The normalized spacial score (nSPS) is 20.6. The Morgan fingerprint density at radius 3 is 2.80 bits per heavy atom. The van der Waals surface area contributed by atoms with Crippen LogP contribution in [-0.2, 0) is 6.54 Å². The van der Waals surface area contributed by atoms with Crippen LogP contribution in [0, 0.1) is 0 Å². The Morgan fingerprint density at radius 1 is 1.36 bits per heavy atom. The molecule has 1 fully saturated rings. The van der Waals surface area contributed by atoms with E-state index in [2.05, 4.69) is 25.7 Å². The van der Waals surface area contributed by atoms with E-state index < -0.39 is 12.2 Å². The molecule has 3 rings (SSSR count). The van der Waals surface area contributed by atoms with Crippen LogP contribution >= 0.6 is 0 Å². The number of benzene rings is 1. The molecule has 1 aromatic heterocycles. The summed E-state index contributed by atoms with van der Waals surface area (Å²) in [5, 5.41) is 9.62. The van der Waals surface area contributed by atoms with E-state index in [4.69, 9.17) is 4.52 Å². The van der Waals surface area contributed by atoms with E-state index in [1.54, 1.807) is 18.2 Å². The van der Waals surface area contributed by atoms with Crippen molar-refractivity contribution >= 4 is 0 Å². The van der Waals surface area contributed by atoms with Gasteiger partial charge in [-0.15, -0.1) is 0 Å². The van der Waals surface area contributed by atoms with Gasteiger partial charge in [0.1, 0.15) is 6.04 Å². The first-order chi connectivity index (χ1) is 11.9. The number of rotatable bonds is 5. The number of likely N-dealkylation sites (N-methyl/N-ethyl adjacent to an activating group) is 1. The molecule has 136 valence electrons. The molecular weight excluding hydrogens is 335 g/mol. The van der Waals surface area contributed by atoms with Gasteiger partial charge in [-0.1, -0.05) is 35.5 Å². The van der Waals surface area contributed by atoms with E-state index >= 15 is 0 Å². The van der Waals surface area contributed by atoms with Gasteiger partial charge in [0.05, 0.1) is 12.6 Å². The Bertz CT molecular complexity index is 676. The van der Waals surface area contributed by atoms with Crippen LogP contribution in [0.3, 0.4) is 0 Å². The summed E-state index contributed by atoms with van der Waals surface area (Å²) < 4.78 is 45.1. The Hall–Kier alpha value is -1.97. The lowest BCUT2D eigenvalue weighted by atomic mass is 10.1. The van der Waals surface area contributed by atoms with Gasteiger partial charge < -0.3 is 9.84 Å². The van der Waals surface area contributed by atoms with Gasteiger partial charge in [-0.05, 0) is 12.6 Å². The number of alkyl halides is 3. The predicted molar refractivity (Wildman–Crippen MR) is 84.6 cm³/mol. The molecule has 0 spiro atoms. The van der Waals surface area contributed by atoms with Gasteiger partial charge in [0.15, 0.2) is 5.82 Å². The van der Waals surface area contributed by atoms with Crippen molar-refractivity contribution in [3.8, 4) is 0 Å². The highest BCUT2D eigenvalue weighted by Crippen LogP contribution is 2.32. The minimum atomic E-state index is -4.42. The zero-order chi connectivity index (χ0) is 17.9. The van der Waals surface area contributed by atoms with E-state index in [1.807, 2.05) is 7.05 Å². The average molecular weight is 355 g/mol. The van der Waals surface area contributed by atoms with Gasteiger partial charge in [-0.3, -0.25) is 10.2 Å². The molecule has 1 aliphatic rings. The topological polar surface area (TPSA) is 66.2 Å². The quantitative estimate of drug-likeness (QED) is 0.856. The summed E-state index contributed by atoms with van der Waals surface area (Å²) in [6.07, 6.45) is -4.42. The summed E-state index contributed by atoms with van der Waals surface area (Å²) in [5.74, 6) is 0.619. The third kappa shape index (κ3) is 4.36. The second kappa shape index (κ2) is 7.51. The number of aromatic nitrogens is 2. The molecule has 1 aromatic carbocycles. The number of nitrogens with one attached hydrogen (secondary N) is 2. The predicted octanol–water partition coefficient (Wildman–Crippen LogP) is 2.04. The minimum absolute atomic E-state index is 0.0428. The molecule has 1 saturated heterocycles. The van der Waals surface area contributed by atoms with Crippen LogP contribution in [0.1, 0.15) is 29.4 Å². The van der Waals surface area contributed by atoms with E-state index in [-0.39, 0.29) is 24.0 Å². The molecule has 0 aliphatic carbocycles. The highest BCUT2D eigenvalue weighted by Gasteiger charge is 2.40. The van der Waals surface area contributed by atoms with E-state index in [0.717, 1.165) is 13.1 Å². The molecule has 0 bridgehead atoms. The monoisotopic (exact) mass is 355 g/mol. The fraction of sp³-hybridized carbons (Fsp3) is 0.500. The van der Waals surface area contributed by atoms with Crippen molar-refractivity contribution in [1.82, 2.24) is 25.7 Å². The highest BCUT2D eigenvalue weighted by molar-refractivity contribution is 5.20. The molecule has 2 atom stereocenters. The third-order valence-corrected chi connectivity index (χ3v) is 4.21. The van der Waals surface area contributed by atoms with E-state index in [9.17, 15) is 13.2 Å². The number of hydrogen-bond acceptors (Lipinski definition) is 6. The molecule has 2 N–H and O–H groups in total. The minimum Gasteiger partial charge on any atom is -0.338 e. The van der Waals surface area contributed by atoms with Crippen molar-refractivity contribution in [2.45, 2.75) is 24.8 Å². The summed E-state index contributed by atoms with van der Waals surface area (Å²) in [7, 11) is 1.95. The molecule has 1 aliphatic heterocycles. The van der Waals surface area contributed by atoms with Gasteiger partial charge in [-0.2, -0.15) is 18.2 Å². The lowest BCUT2D eigenvalue weighted by Gasteiger charge is -2.30. The Morgan fingerprint density at radius 2 is 2.12 bits per heavy atom. The summed E-state index contributed by atoms with van der Waals surface area (Å²) in [5.41, 5.74) is 0.144. The molecule has 0 amide bonds. The second-order valence-electron chi connectivity index (χ2n) is 6.01. The van der Waals surface area contributed by atoms with Crippen LogP contribution in [0.4, 0.5) is 13.2 Å². The van der Waals surface area contributed by atoms with Crippen molar-refractivity contribution in [3.05, 3.63) is 47.6 Å². The zero-order valence-electron chi connectivity index (χ0n) is 13.8. The molecule has 2 aromatic rings. The molecule has 25 heavy (non-hydrogen) atoms. The van der Waals surface area contributed by atoms with Crippen LogP contribution in [0.5, 0.6) is 0 Å². The lowest BCUT2D eigenvalue weighted by molar-refractivity contribution is -0.158.